The highest BCUT2D eigenvalue weighted by molar-refractivity contribution is 5.77. The van der Waals surface area contributed by atoms with E-state index in [0.29, 0.717) is 0 Å². The van der Waals surface area contributed by atoms with E-state index in [0.717, 1.165) is 42.5 Å². The number of hydrogen-bond donors (Lipinski definition) is 3. The van der Waals surface area contributed by atoms with Crippen LogP contribution in [-0.4, -0.2) is 33.0 Å². The lowest BCUT2D eigenvalue weighted by atomic mass is 9.87. The van der Waals surface area contributed by atoms with Crippen LogP contribution in [0.15, 0.2) is 30.5 Å². The number of nitrogens with one attached hydrogen (secondary N) is 2. The molecule has 2 aliphatic rings. The quantitative estimate of drug-likeness (QED) is 0.765. The minimum absolute atomic E-state index is 0.0630. The summed E-state index contributed by atoms with van der Waals surface area (Å²) in [7, 11) is 0. The summed E-state index contributed by atoms with van der Waals surface area (Å²) in [6, 6.07) is 8.37. The average Bonchev–Trinajstić information content (AvgIpc) is 2.92. The van der Waals surface area contributed by atoms with Gasteiger partial charge in [0.05, 0.1) is 23.3 Å². The summed E-state index contributed by atoms with van der Waals surface area (Å²) in [6.45, 7) is 3.79. The zero-order chi connectivity index (χ0) is 18.3. The Balaban J connectivity index is 1.94. The molecule has 0 spiro atoms. The number of aromatic amines is 1. The van der Waals surface area contributed by atoms with E-state index in [4.69, 9.17) is 0 Å². The van der Waals surface area contributed by atoms with Crippen molar-refractivity contribution < 1.29 is 9.90 Å². The third-order valence-electron chi connectivity index (χ3n) is 5.97. The maximum absolute atomic E-state index is 12.8. The molecule has 5 nitrogen and oxygen atoms in total. The summed E-state index contributed by atoms with van der Waals surface area (Å²) in [6.07, 6.45) is 7.07. The van der Waals surface area contributed by atoms with Gasteiger partial charge in [-0.25, -0.2) is 0 Å². The van der Waals surface area contributed by atoms with Gasteiger partial charge in [-0.1, -0.05) is 44.0 Å². The molecule has 3 atom stereocenters. The third kappa shape index (κ3) is 2.66. The Hall–Kier alpha value is -2.43. The summed E-state index contributed by atoms with van der Waals surface area (Å²) in [5.41, 5.74) is 4.02. The van der Waals surface area contributed by atoms with E-state index < -0.39 is 0 Å². The number of nitrogens with zero attached hydrogens (tertiary/aromatic N) is 1. The Morgan fingerprint density at radius 1 is 1.27 bits per heavy atom. The van der Waals surface area contributed by atoms with Crippen LogP contribution in [0.5, 0.6) is 5.88 Å². The molecule has 2 heterocycles. The fraction of sp³-hybridized carbons (Fsp3) is 0.476. The van der Waals surface area contributed by atoms with Crippen molar-refractivity contribution in [1.29, 1.82) is 0 Å². The molecular weight excluding hydrogens is 326 g/mol. The molecule has 0 unspecified atom stereocenters. The SMILES string of the molecule is CCc1ccccc1[C@@H]1c2c(c[nH]c2O)N[C@@H]2CCCC[C@H]2N1C(C)=O. The van der Waals surface area contributed by atoms with Crippen molar-refractivity contribution in [2.45, 2.75) is 64.1 Å². The number of H-pyrrole nitrogens is 1. The summed E-state index contributed by atoms with van der Waals surface area (Å²) >= 11 is 0. The third-order valence-corrected chi connectivity index (χ3v) is 5.97. The van der Waals surface area contributed by atoms with Gasteiger partial charge in [0.2, 0.25) is 5.91 Å². The lowest BCUT2D eigenvalue weighted by molar-refractivity contribution is -0.134. The zero-order valence-corrected chi connectivity index (χ0v) is 15.5. The van der Waals surface area contributed by atoms with Gasteiger partial charge in [0.25, 0.3) is 0 Å². The molecular formula is C21H27N3O2. The van der Waals surface area contributed by atoms with E-state index in [1.165, 1.54) is 12.0 Å². The van der Waals surface area contributed by atoms with Crippen LogP contribution in [0.4, 0.5) is 5.69 Å². The van der Waals surface area contributed by atoms with Crippen molar-refractivity contribution in [3.05, 3.63) is 47.2 Å². The van der Waals surface area contributed by atoms with Crippen molar-refractivity contribution in [1.82, 2.24) is 9.88 Å². The molecule has 1 fully saturated rings. The minimum Gasteiger partial charge on any atom is -0.494 e. The average molecular weight is 353 g/mol. The maximum Gasteiger partial charge on any atom is 0.220 e. The van der Waals surface area contributed by atoms with E-state index in [-0.39, 0.29) is 29.9 Å². The Bertz CT molecular complexity index is 813. The van der Waals surface area contributed by atoms with Gasteiger partial charge in [0, 0.05) is 19.2 Å². The largest absolute Gasteiger partial charge is 0.494 e. The van der Waals surface area contributed by atoms with Crippen LogP contribution >= 0.6 is 0 Å². The van der Waals surface area contributed by atoms with Gasteiger partial charge in [-0.2, -0.15) is 0 Å². The predicted molar refractivity (Wildman–Crippen MR) is 102 cm³/mol. The first kappa shape index (κ1) is 17.0. The molecule has 0 bridgehead atoms. The molecule has 1 aliphatic carbocycles. The molecule has 2 aromatic rings. The van der Waals surface area contributed by atoms with Crippen LogP contribution < -0.4 is 5.32 Å². The van der Waals surface area contributed by atoms with Gasteiger partial charge in [-0.15, -0.1) is 0 Å². The zero-order valence-electron chi connectivity index (χ0n) is 15.5. The molecule has 1 aromatic carbocycles. The molecule has 0 saturated heterocycles. The molecule has 0 radical (unpaired) electrons. The number of carbonyl (C=O) groups excluding carboxylic acids is 1. The highest BCUT2D eigenvalue weighted by Gasteiger charge is 2.42. The molecule has 138 valence electrons. The summed E-state index contributed by atoms with van der Waals surface area (Å²) in [5.74, 6) is 0.210. The lowest BCUT2D eigenvalue weighted by Crippen LogP contribution is -2.50. The van der Waals surface area contributed by atoms with Gasteiger partial charge in [-0.05, 0) is 30.4 Å². The molecule has 1 saturated carbocycles. The number of benzene rings is 1. The van der Waals surface area contributed by atoms with E-state index in [1.807, 2.05) is 23.2 Å². The normalized spacial score (nSPS) is 25.0. The van der Waals surface area contributed by atoms with Crippen LogP contribution in [0.3, 0.4) is 0 Å². The molecule has 1 aromatic heterocycles. The first-order chi connectivity index (χ1) is 12.6. The number of fused-ring (bicyclic) bond motifs is 2. The topological polar surface area (TPSA) is 68.4 Å². The van der Waals surface area contributed by atoms with Gasteiger partial charge in [0.15, 0.2) is 5.88 Å². The summed E-state index contributed by atoms with van der Waals surface area (Å²) in [5, 5.41) is 14.2. The number of carbonyl (C=O) groups is 1. The van der Waals surface area contributed by atoms with Crippen LogP contribution in [-0.2, 0) is 11.2 Å². The van der Waals surface area contributed by atoms with E-state index in [2.05, 4.69) is 29.4 Å². The number of hydrogen-bond acceptors (Lipinski definition) is 3. The number of anilines is 1. The van der Waals surface area contributed by atoms with Crippen molar-refractivity contribution in [3.63, 3.8) is 0 Å². The molecule has 1 amide bonds. The Morgan fingerprint density at radius 2 is 2.04 bits per heavy atom. The Kier molecular flexibility index (Phi) is 4.39. The van der Waals surface area contributed by atoms with Crippen molar-refractivity contribution >= 4 is 11.6 Å². The van der Waals surface area contributed by atoms with Crippen LogP contribution in [0.1, 0.15) is 62.3 Å². The molecule has 4 rings (SSSR count). The maximum atomic E-state index is 12.8. The van der Waals surface area contributed by atoms with E-state index in [9.17, 15) is 9.90 Å². The van der Waals surface area contributed by atoms with E-state index >= 15 is 0 Å². The lowest BCUT2D eigenvalue weighted by Gasteiger charge is -2.42. The van der Waals surface area contributed by atoms with Gasteiger partial charge in [-0.3, -0.25) is 4.79 Å². The Labute approximate surface area is 154 Å². The molecule has 5 heteroatoms. The second-order valence-electron chi connectivity index (χ2n) is 7.45. The number of aromatic nitrogens is 1. The second-order valence-corrected chi connectivity index (χ2v) is 7.45. The standard InChI is InChI=1S/C21H27N3O2/c1-3-14-8-4-5-9-15(14)20-19-17(12-22-21(19)26)23-16-10-6-7-11-18(16)24(20)13(2)25/h4-5,8-9,12,16,18,20,22-23,26H,3,6-7,10-11H2,1-2H3/t16-,18-,20-/m1/s1. The summed E-state index contributed by atoms with van der Waals surface area (Å²) in [4.78, 5) is 17.8. The van der Waals surface area contributed by atoms with Crippen molar-refractivity contribution in [2.24, 2.45) is 0 Å². The minimum atomic E-state index is -0.273. The van der Waals surface area contributed by atoms with Gasteiger partial charge in [0.1, 0.15) is 0 Å². The monoisotopic (exact) mass is 353 g/mol. The van der Waals surface area contributed by atoms with Crippen molar-refractivity contribution in [3.8, 4) is 5.88 Å². The van der Waals surface area contributed by atoms with E-state index in [1.54, 1.807) is 6.92 Å². The van der Waals surface area contributed by atoms with Gasteiger partial charge >= 0.3 is 0 Å². The number of aromatic hydroxyl groups is 1. The molecule has 26 heavy (non-hydrogen) atoms. The predicted octanol–water partition coefficient (Wildman–Crippen LogP) is 3.96. The fourth-order valence-electron chi connectivity index (χ4n) is 4.81. The smallest absolute Gasteiger partial charge is 0.220 e. The van der Waals surface area contributed by atoms with Crippen LogP contribution in [0, 0.1) is 0 Å². The fourth-order valence-corrected chi connectivity index (χ4v) is 4.81. The first-order valence-corrected chi connectivity index (χ1v) is 9.65. The number of rotatable bonds is 2. The number of aryl methyl sites for hydroxylation is 1. The second kappa shape index (κ2) is 6.71. The van der Waals surface area contributed by atoms with Crippen molar-refractivity contribution in [2.75, 3.05) is 5.32 Å². The van der Waals surface area contributed by atoms with Crippen LogP contribution in [0.2, 0.25) is 0 Å². The van der Waals surface area contributed by atoms with Gasteiger partial charge < -0.3 is 20.3 Å². The number of amides is 1. The molecule has 3 N–H and O–H groups in total. The van der Waals surface area contributed by atoms with Crippen LogP contribution in [0.25, 0.3) is 0 Å². The summed E-state index contributed by atoms with van der Waals surface area (Å²) < 4.78 is 0. The molecule has 1 aliphatic heterocycles. The highest BCUT2D eigenvalue weighted by Crippen LogP contribution is 2.46. The Morgan fingerprint density at radius 3 is 2.81 bits per heavy atom. The first-order valence-electron chi connectivity index (χ1n) is 9.65. The highest BCUT2D eigenvalue weighted by atomic mass is 16.3.